The van der Waals surface area contributed by atoms with Crippen LogP contribution in [0.4, 0.5) is 0 Å². The first-order valence-electron chi connectivity index (χ1n) is 6.57. The molecule has 3 heterocycles. The van der Waals surface area contributed by atoms with Crippen LogP contribution in [0.25, 0.3) is 0 Å². The number of hydrogen-bond acceptors (Lipinski definition) is 3. The summed E-state index contributed by atoms with van der Waals surface area (Å²) < 4.78 is 6.45. The van der Waals surface area contributed by atoms with Crippen LogP contribution in [-0.2, 0) is 4.74 Å². The molecule has 1 aromatic rings. The smallest absolute Gasteiger partial charge is 0.342 e. The Labute approximate surface area is 119 Å². The molecule has 2 bridgehead atoms. The number of quaternary nitrogens is 1. The van der Waals surface area contributed by atoms with Gasteiger partial charge in [0.1, 0.15) is 0 Å². The molecule has 0 saturated carbocycles. The summed E-state index contributed by atoms with van der Waals surface area (Å²) in [5, 5.41) is 0. The molecule has 0 aromatic heterocycles. The maximum absolute atomic E-state index is 11.9. The number of carbonyl (C=O) groups is 1. The molecular formula is C14H19ClN2O2. The van der Waals surface area contributed by atoms with Gasteiger partial charge in [0.2, 0.25) is 6.73 Å². The van der Waals surface area contributed by atoms with E-state index in [2.05, 4.69) is 4.90 Å². The first kappa shape index (κ1) is 14.3. The quantitative estimate of drug-likeness (QED) is 0.472. The molecule has 104 valence electrons. The molecule has 0 amide bonds. The number of hydrogen-bond donors (Lipinski definition) is 0. The summed E-state index contributed by atoms with van der Waals surface area (Å²) >= 11 is 0. The summed E-state index contributed by atoms with van der Waals surface area (Å²) in [5.41, 5.74) is 0.645. The van der Waals surface area contributed by atoms with Gasteiger partial charge in [-0.1, -0.05) is 18.2 Å². The number of nitrogens with zero attached hydrogens (tertiary/aromatic N) is 2. The van der Waals surface area contributed by atoms with Gasteiger partial charge in [0.05, 0.1) is 25.2 Å². The average molecular weight is 283 g/mol. The Kier molecular flexibility index (Phi) is 4.45. The van der Waals surface area contributed by atoms with Crippen molar-refractivity contribution in [2.24, 2.45) is 0 Å². The third kappa shape index (κ3) is 3.08. The van der Waals surface area contributed by atoms with Crippen LogP contribution in [0.1, 0.15) is 10.4 Å². The fraction of sp³-hybridized carbons (Fsp3) is 0.500. The third-order valence-electron chi connectivity index (χ3n) is 4.15. The van der Waals surface area contributed by atoms with Crippen molar-refractivity contribution in [3.8, 4) is 0 Å². The van der Waals surface area contributed by atoms with E-state index in [0.29, 0.717) is 12.3 Å². The van der Waals surface area contributed by atoms with E-state index in [9.17, 15) is 4.79 Å². The number of rotatable bonds is 3. The largest absolute Gasteiger partial charge is 1.00 e. The minimum absolute atomic E-state index is 0. The van der Waals surface area contributed by atoms with Crippen LogP contribution < -0.4 is 12.4 Å². The van der Waals surface area contributed by atoms with Crippen molar-refractivity contribution < 1.29 is 26.4 Å². The van der Waals surface area contributed by atoms with Crippen molar-refractivity contribution in [3.63, 3.8) is 0 Å². The second-order valence-electron chi connectivity index (χ2n) is 5.28. The molecular weight excluding hydrogens is 264 g/mol. The van der Waals surface area contributed by atoms with E-state index in [0.717, 1.165) is 43.8 Å². The van der Waals surface area contributed by atoms with E-state index in [1.54, 1.807) is 12.1 Å². The zero-order valence-corrected chi connectivity index (χ0v) is 11.7. The molecule has 0 N–H and O–H groups in total. The molecule has 5 heteroatoms. The molecule has 0 aliphatic carbocycles. The number of fused-ring (bicyclic) bond motifs is 3. The Morgan fingerprint density at radius 3 is 2.26 bits per heavy atom. The van der Waals surface area contributed by atoms with Crippen molar-refractivity contribution in [2.45, 2.75) is 0 Å². The fourth-order valence-corrected chi connectivity index (χ4v) is 2.78. The molecule has 0 atom stereocenters. The third-order valence-corrected chi connectivity index (χ3v) is 4.15. The Balaban J connectivity index is 0.00000133. The summed E-state index contributed by atoms with van der Waals surface area (Å²) in [6.07, 6.45) is 0. The summed E-state index contributed by atoms with van der Waals surface area (Å²) in [5.74, 6) is -0.198. The number of carbonyl (C=O) groups excluding carboxylic acids is 1. The second-order valence-corrected chi connectivity index (χ2v) is 5.28. The average Bonchev–Trinajstić information content (AvgIpc) is 2.48. The highest BCUT2D eigenvalue weighted by molar-refractivity contribution is 5.89. The number of benzene rings is 1. The van der Waals surface area contributed by atoms with Crippen molar-refractivity contribution in [2.75, 3.05) is 46.0 Å². The number of piperazine rings is 3. The van der Waals surface area contributed by atoms with Gasteiger partial charge in [0, 0.05) is 19.6 Å². The topological polar surface area (TPSA) is 29.5 Å². The van der Waals surface area contributed by atoms with Gasteiger partial charge >= 0.3 is 5.97 Å². The van der Waals surface area contributed by atoms with E-state index in [1.165, 1.54) is 0 Å². The highest BCUT2D eigenvalue weighted by Crippen LogP contribution is 2.19. The Morgan fingerprint density at radius 2 is 1.68 bits per heavy atom. The zero-order chi connectivity index (χ0) is 12.4. The first-order chi connectivity index (χ1) is 8.77. The molecule has 19 heavy (non-hydrogen) atoms. The van der Waals surface area contributed by atoms with Crippen LogP contribution in [0, 0.1) is 0 Å². The predicted molar refractivity (Wildman–Crippen MR) is 68.0 cm³/mol. The molecule has 0 unspecified atom stereocenters. The maximum atomic E-state index is 11.9. The van der Waals surface area contributed by atoms with Crippen molar-refractivity contribution in [1.29, 1.82) is 0 Å². The SMILES string of the molecule is O=C(OC[N+]12CCN(CC1)CC2)c1ccccc1.[Cl-]. The van der Waals surface area contributed by atoms with Crippen LogP contribution in [0.2, 0.25) is 0 Å². The zero-order valence-electron chi connectivity index (χ0n) is 10.9. The first-order valence-corrected chi connectivity index (χ1v) is 6.57. The van der Waals surface area contributed by atoms with Crippen molar-refractivity contribution in [1.82, 2.24) is 4.90 Å². The molecule has 4 rings (SSSR count). The van der Waals surface area contributed by atoms with E-state index in [4.69, 9.17) is 4.74 Å². The van der Waals surface area contributed by atoms with E-state index >= 15 is 0 Å². The summed E-state index contributed by atoms with van der Waals surface area (Å²) in [7, 11) is 0. The summed E-state index contributed by atoms with van der Waals surface area (Å²) in [6.45, 7) is 7.29. The molecule has 1 aromatic carbocycles. The summed E-state index contributed by atoms with van der Waals surface area (Å²) in [6, 6.07) is 9.24. The Morgan fingerprint density at radius 1 is 1.11 bits per heavy atom. The molecule has 4 nitrogen and oxygen atoms in total. The molecule has 3 aliphatic rings. The van der Waals surface area contributed by atoms with E-state index in [-0.39, 0.29) is 18.4 Å². The van der Waals surface area contributed by atoms with Gasteiger partial charge in [-0.3, -0.25) is 9.38 Å². The lowest BCUT2D eigenvalue weighted by Gasteiger charge is -2.49. The summed E-state index contributed by atoms with van der Waals surface area (Å²) in [4.78, 5) is 14.4. The van der Waals surface area contributed by atoms with Gasteiger partial charge in [0.15, 0.2) is 0 Å². The molecule has 3 fully saturated rings. The van der Waals surface area contributed by atoms with Crippen LogP contribution in [0.15, 0.2) is 30.3 Å². The van der Waals surface area contributed by atoms with E-state index in [1.807, 2.05) is 18.2 Å². The Hall–Kier alpha value is -1.10. The van der Waals surface area contributed by atoms with Crippen LogP contribution in [0.5, 0.6) is 0 Å². The van der Waals surface area contributed by atoms with Gasteiger partial charge in [0.25, 0.3) is 0 Å². The highest BCUT2D eigenvalue weighted by Gasteiger charge is 2.39. The molecule has 3 aliphatic heterocycles. The molecule has 3 saturated heterocycles. The van der Waals surface area contributed by atoms with Crippen LogP contribution in [-0.4, -0.2) is 61.4 Å². The second kappa shape index (κ2) is 5.90. The van der Waals surface area contributed by atoms with Gasteiger partial charge in [-0.15, -0.1) is 0 Å². The normalized spacial score (nSPS) is 28.5. The van der Waals surface area contributed by atoms with Gasteiger partial charge in [-0.25, -0.2) is 4.79 Å². The minimum Gasteiger partial charge on any atom is -1.00 e. The molecule has 0 spiro atoms. The lowest BCUT2D eigenvalue weighted by molar-refractivity contribution is -0.955. The highest BCUT2D eigenvalue weighted by atomic mass is 35.5. The molecule has 0 radical (unpaired) electrons. The fourth-order valence-electron chi connectivity index (χ4n) is 2.78. The van der Waals surface area contributed by atoms with Crippen LogP contribution >= 0.6 is 0 Å². The lowest BCUT2D eigenvalue weighted by Crippen LogP contribution is -3.00. The minimum atomic E-state index is -0.198. The standard InChI is InChI=1S/C14H19N2O2.ClH/c17-14(13-4-2-1-3-5-13)18-12-16-9-6-15(7-10-16)8-11-16;/h1-5H,6-12H2;1H/q+1;/p-1. The van der Waals surface area contributed by atoms with Crippen molar-refractivity contribution in [3.05, 3.63) is 35.9 Å². The maximum Gasteiger partial charge on any atom is 0.342 e. The number of esters is 1. The number of halogens is 1. The van der Waals surface area contributed by atoms with Gasteiger partial charge < -0.3 is 17.1 Å². The van der Waals surface area contributed by atoms with Gasteiger partial charge in [-0.05, 0) is 12.1 Å². The lowest BCUT2D eigenvalue weighted by atomic mass is 10.2. The number of ether oxygens (including phenoxy) is 1. The van der Waals surface area contributed by atoms with Crippen molar-refractivity contribution >= 4 is 5.97 Å². The predicted octanol–water partition coefficient (Wildman–Crippen LogP) is -2.05. The monoisotopic (exact) mass is 282 g/mol. The van der Waals surface area contributed by atoms with Gasteiger partial charge in [-0.2, -0.15) is 0 Å². The van der Waals surface area contributed by atoms with E-state index < -0.39 is 0 Å². The van der Waals surface area contributed by atoms with Crippen LogP contribution in [0.3, 0.4) is 0 Å². The Bertz CT molecular complexity index is 417.